The van der Waals surface area contributed by atoms with Gasteiger partial charge in [-0.2, -0.15) is 11.1 Å². The van der Waals surface area contributed by atoms with Crippen LogP contribution in [0.3, 0.4) is 0 Å². The lowest BCUT2D eigenvalue weighted by Gasteiger charge is -2.45. The van der Waals surface area contributed by atoms with Crippen LogP contribution in [0.5, 0.6) is 0 Å². The summed E-state index contributed by atoms with van der Waals surface area (Å²) in [6.45, 7) is 27.9. The van der Waals surface area contributed by atoms with Gasteiger partial charge in [-0.25, -0.2) is 0 Å². The highest BCUT2D eigenvalue weighted by Gasteiger charge is 2.51. The molecule has 564 valence electrons. The maximum Gasteiger partial charge on any atom is 0.261 e. The van der Waals surface area contributed by atoms with Gasteiger partial charge in [0.1, 0.15) is 6.10 Å². The summed E-state index contributed by atoms with van der Waals surface area (Å²) in [5.41, 5.74) is 0. The first-order chi connectivity index (χ1) is 48.2. The van der Waals surface area contributed by atoms with Gasteiger partial charge in [0.15, 0.2) is 0 Å². The average molecular weight is 1420 g/mol. The van der Waals surface area contributed by atoms with E-state index in [4.69, 9.17) is 34.5 Å². The molecule has 0 spiro atoms. The summed E-state index contributed by atoms with van der Waals surface area (Å²) in [7, 11) is -4.91. The first-order valence-electron chi connectivity index (χ1n) is 41.1. The third-order valence-electron chi connectivity index (χ3n) is 19.3. The molecule has 0 bridgehead atoms. The summed E-state index contributed by atoms with van der Waals surface area (Å²) in [6, 6.07) is 43.0. The Bertz CT molecular complexity index is 2310. The zero-order valence-electron chi connectivity index (χ0n) is 65.8. The van der Waals surface area contributed by atoms with Crippen LogP contribution < -0.4 is 20.7 Å². The molecule has 0 heterocycles. The van der Waals surface area contributed by atoms with Crippen LogP contribution in [0.25, 0.3) is 0 Å². The van der Waals surface area contributed by atoms with Crippen LogP contribution in [-0.4, -0.2) is 85.9 Å². The number of hydrogen-bond acceptors (Lipinski definition) is 6. The van der Waals surface area contributed by atoms with Gasteiger partial charge in [0.05, 0.1) is 32.5 Å². The molecular weight excluding hydrogens is 1270 g/mol. The fraction of sp³-hybridized carbons (Fsp3) is 0.689. The minimum atomic E-state index is -2.68. The predicted molar refractivity (Wildman–Crippen MR) is 441 cm³/mol. The highest BCUT2D eigenvalue weighted by atomic mass is 35.6. The van der Waals surface area contributed by atoms with Gasteiger partial charge in [-0.05, 0) is 108 Å². The van der Waals surface area contributed by atoms with Gasteiger partial charge in [0.2, 0.25) is 7.38 Å². The minimum Gasteiger partial charge on any atom is -0.400 e. The van der Waals surface area contributed by atoms with Crippen molar-refractivity contribution in [3.8, 4) is 0 Å². The number of benzene rings is 4. The first-order valence-corrected chi connectivity index (χ1v) is 46.0. The van der Waals surface area contributed by atoms with E-state index in [-0.39, 0.29) is 16.2 Å². The van der Waals surface area contributed by atoms with Crippen molar-refractivity contribution in [2.75, 3.05) is 52.9 Å². The monoisotopic (exact) mass is 1420 g/mol. The largest absolute Gasteiger partial charge is 0.400 e. The van der Waals surface area contributed by atoms with Crippen molar-refractivity contribution in [2.45, 2.75) is 348 Å². The Hall–Kier alpha value is -3.16. The van der Waals surface area contributed by atoms with Crippen molar-refractivity contribution < 1.29 is 28.5 Å². The molecule has 1 N–H and O–H groups in total. The second-order valence-electron chi connectivity index (χ2n) is 30.4. The van der Waals surface area contributed by atoms with Crippen LogP contribution in [-0.2, 0) is 23.4 Å². The van der Waals surface area contributed by atoms with Crippen LogP contribution in [0.15, 0.2) is 146 Å². The lowest BCUT2D eigenvalue weighted by Crippen LogP contribution is -2.68. The van der Waals surface area contributed by atoms with Gasteiger partial charge in [-0.1, -0.05) is 395 Å². The molecule has 0 amide bonds. The van der Waals surface area contributed by atoms with E-state index in [2.05, 4.69) is 203 Å². The van der Waals surface area contributed by atoms with E-state index in [1.807, 2.05) is 12.1 Å². The molecule has 0 saturated heterocycles. The molecule has 0 radical (unpaired) electrons. The number of unbranched alkanes of at least 4 members (excludes halogenated alkanes) is 34. The average Bonchev–Trinajstić information content (AvgIpc) is 0.756. The lowest BCUT2D eigenvalue weighted by atomic mass is 10.1. The fourth-order valence-corrected chi connectivity index (χ4v) is 22.0. The molecule has 0 aliphatic heterocycles. The first kappa shape index (κ1) is 91.9. The second kappa shape index (κ2) is 62.2. The fourth-order valence-electron chi connectivity index (χ4n) is 13.2. The second-order valence-corrected chi connectivity index (χ2v) is 40.3. The zero-order chi connectivity index (χ0) is 71.9. The van der Waals surface area contributed by atoms with Crippen molar-refractivity contribution in [1.29, 1.82) is 0 Å². The topological polar surface area (TPSA) is 66.4 Å². The van der Waals surface area contributed by atoms with Crippen LogP contribution in [0.2, 0.25) is 10.1 Å². The summed E-state index contributed by atoms with van der Waals surface area (Å²) >= 11 is 7.21. The van der Waals surface area contributed by atoms with E-state index in [1.54, 1.807) is 0 Å². The Kier molecular flexibility index (Phi) is 57.8. The molecule has 99 heavy (non-hydrogen) atoms. The number of ether oxygens (including phenoxy) is 4. The number of rotatable bonds is 60. The smallest absolute Gasteiger partial charge is 0.261 e. The predicted octanol–water partition coefficient (Wildman–Crippen LogP) is 24.9. The Morgan fingerprint density at radius 2 is 0.545 bits per heavy atom. The minimum absolute atomic E-state index is 0.0667. The SMILES string of the molecule is CC(C)(C)[Si](Cl)(c1ccccc1)c1ccccc1.CCCCCCCC/C=C\CCCCCCCCOCC(COCCCCCCCC)O[Si](c1ccccc1)(c1ccccc1)C(C)(C)C.CCCCCCCC/C=C\CCCCCCCCOCC(O)COCCCCCCCC. The summed E-state index contributed by atoms with van der Waals surface area (Å²) in [4.78, 5) is 0. The van der Waals surface area contributed by atoms with E-state index in [1.165, 1.54) is 252 Å². The summed E-state index contributed by atoms with van der Waals surface area (Å²) < 4.78 is 31.3. The standard InChI is InChI=1S/C45H76O3Si.C29H58O3.C16H19ClSi/c1-6-8-10-12-14-15-16-17-18-19-20-21-22-23-25-33-39-47-41-42(40-46-38-32-24-13-11-9-7-2)48-49(45(3,4)5,43-34-28-26-29-35-43)44-36-30-27-31-37-44;1-3-5-7-9-11-12-13-14-15-16-17-18-19-20-22-24-26-32-28-29(30)27-31-25-23-21-10-8-6-4-2;1-16(2,3)18(17,14-10-6-4-7-11-14)15-12-8-5-9-13-15/h17-18,26-31,34-37,42H,6-16,19-25,32-33,38-41H2,1-5H3;14-15,29-30H,3-13,16-28H2,1-2H3;4-13H,1-3H3/b18-17-;15-14-;. The third-order valence-corrected chi connectivity index (χ3v) is 31.7. The Morgan fingerprint density at radius 1 is 0.313 bits per heavy atom. The highest BCUT2D eigenvalue weighted by molar-refractivity contribution is 7.35. The Morgan fingerprint density at radius 3 is 0.798 bits per heavy atom. The maximum atomic E-state index is 9.90. The van der Waals surface area contributed by atoms with Gasteiger partial charge in [0.25, 0.3) is 8.32 Å². The molecule has 0 aromatic heterocycles. The van der Waals surface area contributed by atoms with Crippen molar-refractivity contribution >= 4 is 47.5 Å². The zero-order valence-corrected chi connectivity index (χ0v) is 68.6. The van der Waals surface area contributed by atoms with Crippen LogP contribution in [0, 0.1) is 0 Å². The van der Waals surface area contributed by atoms with E-state index in [9.17, 15) is 5.11 Å². The third kappa shape index (κ3) is 44.3. The molecule has 2 atom stereocenters. The molecule has 4 aromatic rings. The van der Waals surface area contributed by atoms with Gasteiger partial charge >= 0.3 is 0 Å². The van der Waals surface area contributed by atoms with Gasteiger partial charge in [-0.15, -0.1) is 0 Å². The Balaban J connectivity index is 0.000000566. The normalized spacial score (nSPS) is 12.8. The van der Waals surface area contributed by atoms with Crippen molar-refractivity contribution in [2.24, 2.45) is 0 Å². The van der Waals surface area contributed by atoms with Crippen LogP contribution in [0.4, 0.5) is 0 Å². The van der Waals surface area contributed by atoms with Gasteiger partial charge in [0, 0.05) is 26.4 Å². The Labute approximate surface area is 619 Å². The number of aliphatic hydroxyl groups is 1. The molecule has 0 fully saturated rings. The molecule has 4 aromatic carbocycles. The lowest BCUT2D eigenvalue weighted by molar-refractivity contribution is -0.0201. The van der Waals surface area contributed by atoms with Gasteiger partial charge in [-0.3, -0.25) is 0 Å². The van der Waals surface area contributed by atoms with E-state index >= 15 is 0 Å². The number of halogens is 1. The van der Waals surface area contributed by atoms with Crippen molar-refractivity contribution in [3.63, 3.8) is 0 Å². The molecule has 9 heteroatoms. The van der Waals surface area contributed by atoms with E-state index < -0.39 is 21.8 Å². The van der Waals surface area contributed by atoms with Gasteiger partial charge < -0.3 is 28.5 Å². The molecule has 4 rings (SSSR count). The number of aliphatic hydroxyl groups excluding tert-OH is 1. The van der Waals surface area contributed by atoms with Crippen molar-refractivity contribution in [3.05, 3.63) is 146 Å². The van der Waals surface area contributed by atoms with Crippen molar-refractivity contribution in [1.82, 2.24) is 0 Å². The van der Waals surface area contributed by atoms with Crippen LogP contribution in [0.1, 0.15) is 326 Å². The van der Waals surface area contributed by atoms with Crippen LogP contribution >= 0.6 is 11.1 Å². The molecule has 2 unspecified atom stereocenters. The molecular formula is C90H153ClO6Si2. The quantitative estimate of drug-likeness (QED) is 0.0206. The summed E-state index contributed by atoms with van der Waals surface area (Å²) in [6.07, 6.45) is 61.3. The molecule has 0 aliphatic rings. The summed E-state index contributed by atoms with van der Waals surface area (Å²) in [5, 5.41) is 15.1. The maximum absolute atomic E-state index is 9.90. The highest BCUT2D eigenvalue weighted by Crippen LogP contribution is 2.39. The molecule has 0 aliphatic carbocycles. The van der Waals surface area contributed by atoms with E-state index in [0.29, 0.717) is 26.4 Å². The molecule has 0 saturated carbocycles. The number of hydrogen-bond donors (Lipinski definition) is 1. The molecule has 6 nitrogen and oxygen atoms in total. The van der Waals surface area contributed by atoms with E-state index in [0.717, 1.165) is 52.1 Å². The number of allylic oxidation sites excluding steroid dienone is 4. The summed E-state index contributed by atoms with van der Waals surface area (Å²) in [5.74, 6) is 0.